The van der Waals surface area contributed by atoms with Gasteiger partial charge in [-0.1, -0.05) is 12.1 Å². The lowest BCUT2D eigenvalue weighted by atomic mass is 10.2. The lowest BCUT2D eigenvalue weighted by molar-refractivity contribution is -0.384. The zero-order valence-electron chi connectivity index (χ0n) is 17.3. The number of hydrogen-bond acceptors (Lipinski definition) is 7. The van der Waals surface area contributed by atoms with Crippen LogP contribution in [0.4, 0.5) is 11.4 Å². The predicted molar refractivity (Wildman–Crippen MR) is 121 cm³/mol. The lowest BCUT2D eigenvalue weighted by Gasteiger charge is -2.08. The molecule has 9 nitrogen and oxygen atoms in total. The number of carbonyl (C=O) groups is 1. The van der Waals surface area contributed by atoms with Crippen molar-refractivity contribution in [2.75, 3.05) is 5.32 Å². The van der Waals surface area contributed by atoms with Crippen LogP contribution in [-0.2, 0) is 0 Å². The van der Waals surface area contributed by atoms with Crippen LogP contribution in [0, 0.1) is 10.1 Å². The van der Waals surface area contributed by atoms with Crippen molar-refractivity contribution in [1.82, 2.24) is 14.8 Å². The molecule has 2 aromatic heterocycles. The number of nitrogens with one attached hydrogen (secondary N) is 1. The molecule has 1 N–H and O–H groups in total. The fourth-order valence-corrected chi connectivity index (χ4v) is 3.65. The van der Waals surface area contributed by atoms with Crippen molar-refractivity contribution in [3.8, 4) is 22.4 Å². The van der Waals surface area contributed by atoms with Gasteiger partial charge in [-0.05, 0) is 55.6 Å². The van der Waals surface area contributed by atoms with Gasteiger partial charge in [0.05, 0.1) is 21.6 Å². The number of ether oxygens (including phenoxy) is 1. The Hall–Kier alpha value is -4.05. The summed E-state index contributed by atoms with van der Waals surface area (Å²) in [6.45, 7) is 3.81. The molecule has 0 atom stereocenters. The van der Waals surface area contributed by atoms with Crippen molar-refractivity contribution in [3.63, 3.8) is 0 Å². The number of nitrogens with zero attached hydrogens (tertiary/aromatic N) is 4. The molecular formula is C22H19N5O4S. The van der Waals surface area contributed by atoms with Gasteiger partial charge in [-0.2, -0.15) is 4.98 Å². The van der Waals surface area contributed by atoms with Crippen LogP contribution in [0.1, 0.15) is 24.2 Å². The van der Waals surface area contributed by atoms with Crippen molar-refractivity contribution in [3.05, 3.63) is 81.7 Å². The highest BCUT2D eigenvalue weighted by Gasteiger charge is 2.17. The maximum atomic E-state index is 12.5. The van der Waals surface area contributed by atoms with Gasteiger partial charge in [0.15, 0.2) is 5.82 Å². The smallest absolute Gasteiger partial charge is 0.336 e. The summed E-state index contributed by atoms with van der Waals surface area (Å²) in [5.41, 5.74) is 1.35. The molecule has 2 heterocycles. The Morgan fingerprint density at radius 1 is 1.16 bits per heavy atom. The van der Waals surface area contributed by atoms with Crippen LogP contribution in [-0.4, -0.2) is 31.7 Å². The van der Waals surface area contributed by atoms with E-state index < -0.39 is 10.8 Å². The first-order valence-corrected chi connectivity index (χ1v) is 10.6. The van der Waals surface area contributed by atoms with Crippen molar-refractivity contribution >= 4 is 28.6 Å². The fourth-order valence-electron chi connectivity index (χ4n) is 2.95. The molecule has 4 aromatic rings. The van der Waals surface area contributed by atoms with Crippen molar-refractivity contribution in [1.29, 1.82) is 0 Å². The number of non-ortho nitro benzene ring substituents is 1. The van der Waals surface area contributed by atoms with Crippen LogP contribution >= 0.6 is 11.3 Å². The molecule has 0 fully saturated rings. The number of anilines is 1. The highest BCUT2D eigenvalue weighted by atomic mass is 32.1. The minimum Gasteiger partial charge on any atom is -0.460 e. The predicted octanol–water partition coefficient (Wildman–Crippen LogP) is 4.94. The van der Waals surface area contributed by atoms with E-state index in [0.29, 0.717) is 11.5 Å². The maximum Gasteiger partial charge on any atom is 0.336 e. The minimum atomic E-state index is -0.536. The molecule has 0 radical (unpaired) electrons. The molecule has 0 aliphatic heterocycles. The number of hydrogen-bond donors (Lipinski definition) is 1. The molecule has 32 heavy (non-hydrogen) atoms. The third kappa shape index (κ3) is 4.65. The summed E-state index contributed by atoms with van der Waals surface area (Å²) in [5, 5.41) is 20.1. The second-order valence-corrected chi connectivity index (χ2v) is 8.03. The number of rotatable bonds is 7. The SMILES string of the molecule is CC(C)Oc1nc(-c2cccs2)n(-c2ccc(NC(=O)c3cccc([N+](=O)[O-])c3)cc2)n1. The van der Waals surface area contributed by atoms with Gasteiger partial charge in [0.2, 0.25) is 0 Å². The van der Waals surface area contributed by atoms with E-state index in [-0.39, 0.29) is 23.4 Å². The Morgan fingerprint density at radius 2 is 1.94 bits per heavy atom. The second-order valence-electron chi connectivity index (χ2n) is 7.08. The summed E-state index contributed by atoms with van der Waals surface area (Å²) in [7, 11) is 0. The van der Waals surface area contributed by atoms with Gasteiger partial charge in [0.1, 0.15) is 0 Å². The Morgan fingerprint density at radius 3 is 2.59 bits per heavy atom. The Balaban J connectivity index is 1.57. The maximum absolute atomic E-state index is 12.5. The van der Waals surface area contributed by atoms with E-state index in [1.165, 1.54) is 24.3 Å². The van der Waals surface area contributed by atoms with Gasteiger partial charge < -0.3 is 10.1 Å². The number of aromatic nitrogens is 3. The summed E-state index contributed by atoms with van der Waals surface area (Å²) in [4.78, 5) is 28.3. The van der Waals surface area contributed by atoms with Crippen LogP contribution in [0.25, 0.3) is 16.4 Å². The standard InChI is InChI=1S/C22H19N5O4S/c1-14(2)31-22-24-20(19-7-4-12-32-19)26(25-22)17-10-8-16(9-11-17)23-21(28)15-5-3-6-18(13-15)27(29)30/h3-14H,1-2H3,(H,23,28). The number of amides is 1. The molecule has 0 aliphatic carbocycles. The van der Waals surface area contributed by atoms with Gasteiger partial charge in [-0.3, -0.25) is 14.9 Å². The first-order valence-electron chi connectivity index (χ1n) is 9.74. The summed E-state index contributed by atoms with van der Waals surface area (Å²) in [5.74, 6) is 0.220. The van der Waals surface area contributed by atoms with Gasteiger partial charge in [0.25, 0.3) is 11.6 Å². The zero-order chi connectivity index (χ0) is 22.7. The van der Waals surface area contributed by atoms with Gasteiger partial charge in [-0.15, -0.1) is 16.4 Å². The number of nitro groups is 1. The number of benzene rings is 2. The molecule has 0 aliphatic rings. The van der Waals surface area contributed by atoms with E-state index in [9.17, 15) is 14.9 Å². The average Bonchev–Trinajstić information content (AvgIpc) is 3.44. The van der Waals surface area contributed by atoms with E-state index in [0.717, 1.165) is 10.6 Å². The van der Waals surface area contributed by atoms with Crippen LogP contribution in [0.5, 0.6) is 6.01 Å². The molecule has 0 saturated heterocycles. The molecule has 0 saturated carbocycles. The highest BCUT2D eigenvalue weighted by Crippen LogP contribution is 2.28. The van der Waals surface area contributed by atoms with E-state index in [4.69, 9.17) is 4.74 Å². The number of carbonyl (C=O) groups excluding carboxylic acids is 1. The summed E-state index contributed by atoms with van der Waals surface area (Å²) in [6, 6.07) is 16.8. The van der Waals surface area contributed by atoms with E-state index >= 15 is 0 Å². The Kier molecular flexibility index (Phi) is 5.95. The Bertz CT molecular complexity index is 1250. The largest absolute Gasteiger partial charge is 0.460 e. The molecule has 1 amide bonds. The minimum absolute atomic E-state index is 0.0616. The molecule has 0 unspecified atom stereocenters. The lowest BCUT2D eigenvalue weighted by Crippen LogP contribution is -2.12. The topological polar surface area (TPSA) is 112 Å². The number of thiophene rings is 1. The zero-order valence-corrected chi connectivity index (χ0v) is 18.1. The quantitative estimate of drug-likeness (QED) is 0.316. The van der Waals surface area contributed by atoms with Crippen LogP contribution in [0.3, 0.4) is 0 Å². The first kappa shape index (κ1) is 21.2. The molecular weight excluding hydrogens is 430 g/mol. The number of nitro benzene ring substituents is 1. The molecule has 0 bridgehead atoms. The van der Waals surface area contributed by atoms with Gasteiger partial charge >= 0.3 is 6.01 Å². The molecule has 0 spiro atoms. The monoisotopic (exact) mass is 449 g/mol. The van der Waals surface area contributed by atoms with Gasteiger partial charge in [0, 0.05) is 23.4 Å². The van der Waals surface area contributed by atoms with Crippen LogP contribution in [0.2, 0.25) is 0 Å². The van der Waals surface area contributed by atoms with Crippen LogP contribution in [0.15, 0.2) is 66.0 Å². The van der Waals surface area contributed by atoms with Crippen molar-refractivity contribution < 1.29 is 14.5 Å². The van der Waals surface area contributed by atoms with Crippen molar-refractivity contribution in [2.24, 2.45) is 0 Å². The summed E-state index contributed by atoms with van der Waals surface area (Å²) >= 11 is 1.55. The van der Waals surface area contributed by atoms with E-state index in [2.05, 4.69) is 15.4 Å². The fraction of sp³-hybridized carbons (Fsp3) is 0.136. The normalized spacial score (nSPS) is 10.8. The second kappa shape index (κ2) is 8.98. The van der Waals surface area contributed by atoms with Crippen molar-refractivity contribution in [2.45, 2.75) is 20.0 Å². The molecule has 10 heteroatoms. The molecule has 2 aromatic carbocycles. The average molecular weight is 449 g/mol. The summed E-state index contributed by atoms with van der Waals surface area (Å²) < 4.78 is 7.35. The van der Waals surface area contributed by atoms with E-state index in [1.54, 1.807) is 40.3 Å². The third-order valence-electron chi connectivity index (χ3n) is 4.36. The summed E-state index contributed by atoms with van der Waals surface area (Å²) in [6.07, 6.45) is -0.0616. The highest BCUT2D eigenvalue weighted by molar-refractivity contribution is 7.13. The third-order valence-corrected chi connectivity index (χ3v) is 5.23. The van der Waals surface area contributed by atoms with Crippen LogP contribution < -0.4 is 10.1 Å². The molecule has 162 valence electrons. The first-order chi connectivity index (χ1) is 15.4. The Labute approximate surface area is 187 Å². The van der Waals surface area contributed by atoms with E-state index in [1.807, 2.05) is 31.4 Å². The molecule has 4 rings (SSSR count). The van der Waals surface area contributed by atoms with Gasteiger partial charge in [-0.25, -0.2) is 4.68 Å².